The van der Waals surface area contributed by atoms with Gasteiger partial charge >= 0.3 is 0 Å². The van der Waals surface area contributed by atoms with Gasteiger partial charge in [-0.25, -0.2) is 5.84 Å². The molecule has 17 heavy (non-hydrogen) atoms. The molecule has 3 N–H and O–H groups in total. The summed E-state index contributed by atoms with van der Waals surface area (Å²) < 4.78 is 1.84. The van der Waals surface area contributed by atoms with Gasteiger partial charge in [-0.2, -0.15) is 0 Å². The summed E-state index contributed by atoms with van der Waals surface area (Å²) in [5.74, 6) is 4.93. The van der Waals surface area contributed by atoms with Gasteiger partial charge in [-0.05, 0) is 18.6 Å². The maximum atomic E-state index is 11.5. The third-order valence-electron chi connectivity index (χ3n) is 2.34. The molecule has 1 unspecified atom stereocenters. The van der Waals surface area contributed by atoms with Crippen LogP contribution in [0, 0.1) is 0 Å². The van der Waals surface area contributed by atoms with Crippen molar-refractivity contribution >= 4 is 23.3 Å². The minimum absolute atomic E-state index is 0.204. The Balaban J connectivity index is 2.25. The fourth-order valence-corrected chi connectivity index (χ4v) is 2.39. The average Bonchev–Trinajstić information content (AvgIpc) is 2.78. The molecule has 6 nitrogen and oxygen atoms in total. The minimum atomic E-state index is -0.257. The van der Waals surface area contributed by atoms with Crippen LogP contribution in [0.2, 0.25) is 0 Å². The van der Waals surface area contributed by atoms with E-state index in [4.69, 9.17) is 5.84 Å². The van der Waals surface area contributed by atoms with Crippen LogP contribution in [-0.2, 0) is 4.79 Å². The lowest BCUT2D eigenvalue weighted by Crippen LogP contribution is -2.37. The van der Waals surface area contributed by atoms with E-state index in [1.807, 2.05) is 35.7 Å². The molecule has 2 rings (SSSR count). The number of amides is 1. The standard InChI is InChI=1S/C10H13N5OS/c1-2-7(9(16)12-11)17-10-14-13-8-5-3-4-6-15(8)10/h3-7H,2,11H2,1H3,(H,12,16). The molecule has 2 aromatic heterocycles. The van der Waals surface area contributed by atoms with Crippen molar-refractivity contribution in [1.29, 1.82) is 0 Å². The number of hydrogen-bond acceptors (Lipinski definition) is 5. The fraction of sp³-hybridized carbons (Fsp3) is 0.300. The molecule has 0 saturated carbocycles. The predicted octanol–water partition coefficient (Wildman–Crippen LogP) is 0.590. The van der Waals surface area contributed by atoms with Gasteiger partial charge in [0.25, 0.3) is 0 Å². The highest BCUT2D eigenvalue weighted by molar-refractivity contribution is 8.00. The number of fused-ring (bicyclic) bond motifs is 1. The molecule has 1 atom stereocenters. The first kappa shape index (κ1) is 11.9. The van der Waals surface area contributed by atoms with Crippen LogP contribution in [0.1, 0.15) is 13.3 Å². The molecule has 0 aliphatic rings. The predicted molar refractivity (Wildman–Crippen MR) is 65.3 cm³/mol. The first-order valence-corrected chi connectivity index (χ1v) is 6.11. The van der Waals surface area contributed by atoms with E-state index in [2.05, 4.69) is 15.6 Å². The van der Waals surface area contributed by atoms with Crippen LogP contribution in [-0.4, -0.2) is 25.8 Å². The Hall–Kier alpha value is -1.60. The van der Waals surface area contributed by atoms with Gasteiger partial charge in [-0.3, -0.25) is 14.6 Å². The first-order valence-electron chi connectivity index (χ1n) is 5.23. The van der Waals surface area contributed by atoms with Crippen LogP contribution < -0.4 is 11.3 Å². The summed E-state index contributed by atoms with van der Waals surface area (Å²) >= 11 is 1.35. The molecule has 0 radical (unpaired) electrons. The van der Waals surface area contributed by atoms with E-state index in [1.165, 1.54) is 11.8 Å². The molecule has 90 valence electrons. The molecular formula is C10H13N5OS. The maximum absolute atomic E-state index is 11.5. The van der Waals surface area contributed by atoms with Crippen LogP contribution in [0.4, 0.5) is 0 Å². The van der Waals surface area contributed by atoms with E-state index < -0.39 is 0 Å². The van der Waals surface area contributed by atoms with Crippen molar-refractivity contribution in [3.8, 4) is 0 Å². The molecule has 0 spiro atoms. The fourth-order valence-electron chi connectivity index (χ4n) is 1.44. The number of hydrogen-bond donors (Lipinski definition) is 2. The molecule has 0 aliphatic heterocycles. The van der Waals surface area contributed by atoms with Gasteiger partial charge in [-0.15, -0.1) is 10.2 Å². The molecular weight excluding hydrogens is 238 g/mol. The number of rotatable bonds is 4. The Morgan fingerprint density at radius 2 is 2.41 bits per heavy atom. The Bertz CT molecular complexity index is 526. The van der Waals surface area contributed by atoms with Crippen LogP contribution in [0.25, 0.3) is 5.65 Å². The molecule has 0 saturated heterocycles. The zero-order valence-corrected chi connectivity index (χ0v) is 10.1. The average molecular weight is 251 g/mol. The highest BCUT2D eigenvalue weighted by Gasteiger charge is 2.19. The third kappa shape index (κ3) is 2.40. The third-order valence-corrected chi connectivity index (χ3v) is 3.66. The zero-order valence-electron chi connectivity index (χ0n) is 9.33. The van der Waals surface area contributed by atoms with Crippen molar-refractivity contribution in [3.63, 3.8) is 0 Å². The van der Waals surface area contributed by atoms with Crippen molar-refractivity contribution in [2.75, 3.05) is 0 Å². The Labute approximate surface area is 103 Å². The van der Waals surface area contributed by atoms with Gasteiger partial charge in [0.2, 0.25) is 5.91 Å². The summed E-state index contributed by atoms with van der Waals surface area (Å²) in [4.78, 5) is 11.5. The number of nitrogens with zero attached hydrogens (tertiary/aromatic N) is 3. The largest absolute Gasteiger partial charge is 0.293 e. The Morgan fingerprint density at radius 1 is 1.59 bits per heavy atom. The molecule has 0 aliphatic carbocycles. The van der Waals surface area contributed by atoms with Gasteiger partial charge in [-0.1, -0.05) is 24.8 Å². The summed E-state index contributed by atoms with van der Waals surface area (Å²) in [7, 11) is 0. The van der Waals surface area contributed by atoms with E-state index >= 15 is 0 Å². The number of thioether (sulfide) groups is 1. The number of pyridine rings is 1. The smallest absolute Gasteiger partial charge is 0.247 e. The quantitative estimate of drug-likeness (QED) is 0.359. The highest BCUT2D eigenvalue weighted by Crippen LogP contribution is 2.24. The monoisotopic (exact) mass is 251 g/mol. The summed E-state index contributed by atoms with van der Waals surface area (Å²) in [5, 5.41) is 8.51. The summed E-state index contributed by atoms with van der Waals surface area (Å²) in [6.45, 7) is 1.93. The SMILES string of the molecule is CCC(Sc1nnc2ccccn12)C(=O)NN. The van der Waals surface area contributed by atoms with Crippen molar-refractivity contribution in [2.45, 2.75) is 23.8 Å². The normalized spacial score (nSPS) is 12.6. The molecule has 2 aromatic rings. The molecule has 0 bridgehead atoms. The summed E-state index contributed by atoms with van der Waals surface area (Å²) in [6.07, 6.45) is 2.54. The van der Waals surface area contributed by atoms with Crippen molar-refractivity contribution in [1.82, 2.24) is 20.0 Å². The molecule has 0 aromatic carbocycles. The second-order valence-corrected chi connectivity index (χ2v) is 4.60. The highest BCUT2D eigenvalue weighted by atomic mass is 32.2. The first-order chi connectivity index (χ1) is 8.26. The van der Waals surface area contributed by atoms with Crippen molar-refractivity contribution in [2.24, 2.45) is 5.84 Å². The lowest BCUT2D eigenvalue weighted by Gasteiger charge is -2.10. The minimum Gasteiger partial charge on any atom is -0.293 e. The number of carbonyl (C=O) groups excluding carboxylic acids is 1. The number of hydrazine groups is 1. The van der Waals surface area contributed by atoms with E-state index in [-0.39, 0.29) is 11.2 Å². The molecule has 7 heteroatoms. The van der Waals surface area contributed by atoms with E-state index in [0.29, 0.717) is 11.6 Å². The van der Waals surface area contributed by atoms with Gasteiger partial charge in [0.1, 0.15) is 0 Å². The Morgan fingerprint density at radius 3 is 3.12 bits per heavy atom. The Kier molecular flexibility index (Phi) is 3.60. The number of nitrogens with one attached hydrogen (secondary N) is 1. The van der Waals surface area contributed by atoms with Crippen molar-refractivity contribution in [3.05, 3.63) is 24.4 Å². The van der Waals surface area contributed by atoms with Crippen LogP contribution in [0.5, 0.6) is 0 Å². The van der Waals surface area contributed by atoms with Crippen LogP contribution >= 0.6 is 11.8 Å². The topological polar surface area (TPSA) is 85.3 Å². The van der Waals surface area contributed by atoms with Crippen LogP contribution in [0.3, 0.4) is 0 Å². The maximum Gasteiger partial charge on any atom is 0.247 e. The van der Waals surface area contributed by atoms with Gasteiger partial charge in [0.05, 0.1) is 5.25 Å². The number of aromatic nitrogens is 3. The lowest BCUT2D eigenvalue weighted by molar-refractivity contribution is -0.120. The van der Waals surface area contributed by atoms with Gasteiger partial charge in [0, 0.05) is 6.20 Å². The molecule has 1 amide bonds. The van der Waals surface area contributed by atoms with E-state index in [1.54, 1.807) is 0 Å². The summed E-state index contributed by atoms with van der Waals surface area (Å²) in [6, 6.07) is 5.65. The van der Waals surface area contributed by atoms with Gasteiger partial charge in [0.15, 0.2) is 10.8 Å². The molecule has 0 fully saturated rings. The van der Waals surface area contributed by atoms with Crippen LogP contribution in [0.15, 0.2) is 29.6 Å². The number of nitrogens with two attached hydrogens (primary N) is 1. The molecule has 2 heterocycles. The second kappa shape index (κ2) is 5.15. The van der Waals surface area contributed by atoms with E-state index in [0.717, 1.165) is 5.65 Å². The summed E-state index contributed by atoms with van der Waals surface area (Å²) in [5.41, 5.74) is 2.92. The van der Waals surface area contributed by atoms with Gasteiger partial charge < -0.3 is 0 Å². The zero-order chi connectivity index (χ0) is 12.3. The van der Waals surface area contributed by atoms with E-state index in [9.17, 15) is 4.79 Å². The second-order valence-electron chi connectivity index (χ2n) is 3.43. The lowest BCUT2D eigenvalue weighted by atomic mass is 10.3. The number of carbonyl (C=O) groups is 1. The van der Waals surface area contributed by atoms with Crippen molar-refractivity contribution < 1.29 is 4.79 Å².